The molecule has 0 bridgehead atoms. The summed E-state index contributed by atoms with van der Waals surface area (Å²) in [6.45, 7) is 0. The van der Waals surface area contributed by atoms with Gasteiger partial charge in [0.05, 0.1) is 4.90 Å². The minimum Gasteiger partial charge on any atom is -0.225 e. The highest BCUT2D eigenvalue weighted by molar-refractivity contribution is 7.89. The summed E-state index contributed by atoms with van der Waals surface area (Å²) in [5.74, 6) is 0.437. The molecule has 3 rings (SSSR count). The number of primary sulfonamides is 1. The Kier molecular flexibility index (Phi) is 3.24. The molecule has 7 nitrogen and oxygen atoms in total. The van der Waals surface area contributed by atoms with Gasteiger partial charge in [-0.1, -0.05) is 36.4 Å². The Balaban J connectivity index is 2.18. The van der Waals surface area contributed by atoms with E-state index in [1.807, 2.05) is 24.3 Å². The number of sulfonamides is 1. The van der Waals surface area contributed by atoms with Crippen LogP contribution in [0.15, 0.2) is 53.4 Å². The van der Waals surface area contributed by atoms with E-state index >= 15 is 0 Å². The number of H-pyrrole nitrogens is 1. The molecule has 0 spiro atoms. The molecule has 0 aliphatic carbocycles. The molecule has 3 N–H and O–H groups in total. The van der Waals surface area contributed by atoms with Gasteiger partial charge in [0.25, 0.3) is 0 Å². The van der Waals surface area contributed by atoms with Crippen molar-refractivity contribution < 1.29 is 8.42 Å². The molecule has 0 atom stereocenters. The van der Waals surface area contributed by atoms with Gasteiger partial charge >= 0.3 is 0 Å². The van der Waals surface area contributed by atoms with Crippen LogP contribution < -0.4 is 5.14 Å². The predicted octanol–water partition coefficient (Wildman–Crippen LogP) is 1.18. The monoisotopic (exact) mass is 301 g/mol. The molecule has 1 heterocycles. The zero-order valence-electron chi connectivity index (χ0n) is 10.8. The lowest BCUT2D eigenvalue weighted by Gasteiger charge is -2.08. The molecule has 0 unspecified atom stereocenters. The third-order valence-corrected chi connectivity index (χ3v) is 3.90. The number of aromatic nitrogens is 4. The minimum atomic E-state index is -3.75. The largest absolute Gasteiger partial charge is 0.238 e. The minimum absolute atomic E-state index is 0.0583. The second-order valence-electron chi connectivity index (χ2n) is 4.35. The van der Waals surface area contributed by atoms with E-state index in [9.17, 15) is 8.42 Å². The molecular weight excluding hydrogens is 290 g/mol. The highest BCUT2D eigenvalue weighted by Gasteiger charge is 2.13. The van der Waals surface area contributed by atoms with Crippen LogP contribution in [0.2, 0.25) is 0 Å². The summed E-state index contributed by atoms with van der Waals surface area (Å²) >= 11 is 0. The second-order valence-corrected chi connectivity index (χ2v) is 5.92. The van der Waals surface area contributed by atoms with Crippen LogP contribution in [0.25, 0.3) is 22.5 Å². The van der Waals surface area contributed by atoms with Crippen molar-refractivity contribution in [3.05, 3.63) is 48.5 Å². The van der Waals surface area contributed by atoms with Gasteiger partial charge in [-0.2, -0.15) is 5.21 Å². The van der Waals surface area contributed by atoms with E-state index in [0.717, 1.165) is 11.1 Å². The van der Waals surface area contributed by atoms with E-state index < -0.39 is 10.0 Å². The Morgan fingerprint density at radius 3 is 2.43 bits per heavy atom. The number of tetrazole rings is 1. The molecule has 0 saturated heterocycles. The number of nitrogens with one attached hydrogen (secondary N) is 1. The number of hydrogen-bond donors (Lipinski definition) is 2. The normalized spacial score (nSPS) is 11.5. The van der Waals surface area contributed by atoms with E-state index in [1.54, 1.807) is 12.1 Å². The second kappa shape index (κ2) is 5.08. The van der Waals surface area contributed by atoms with E-state index in [0.29, 0.717) is 11.4 Å². The third kappa shape index (κ3) is 2.67. The average Bonchev–Trinajstić information content (AvgIpc) is 3.01. The molecule has 0 radical (unpaired) electrons. The van der Waals surface area contributed by atoms with Crippen LogP contribution in [0.1, 0.15) is 0 Å². The third-order valence-electron chi connectivity index (χ3n) is 2.99. The lowest BCUT2D eigenvalue weighted by Crippen LogP contribution is -2.11. The SMILES string of the molecule is NS(=O)(=O)c1cccc(-c2ccccc2-c2nn[nH]n2)c1. The van der Waals surface area contributed by atoms with Crippen molar-refractivity contribution in [1.82, 2.24) is 20.6 Å². The van der Waals surface area contributed by atoms with Crippen LogP contribution >= 0.6 is 0 Å². The van der Waals surface area contributed by atoms with Crippen LogP contribution in [0.3, 0.4) is 0 Å². The zero-order chi connectivity index (χ0) is 14.9. The van der Waals surface area contributed by atoms with Gasteiger partial charge in [-0.05, 0) is 28.5 Å². The molecule has 21 heavy (non-hydrogen) atoms. The number of nitrogens with two attached hydrogens (primary N) is 1. The number of rotatable bonds is 3. The fraction of sp³-hybridized carbons (Fsp3) is 0. The van der Waals surface area contributed by atoms with Crippen LogP contribution in [0.5, 0.6) is 0 Å². The van der Waals surface area contributed by atoms with E-state index in [-0.39, 0.29) is 4.90 Å². The highest BCUT2D eigenvalue weighted by Crippen LogP contribution is 2.30. The summed E-state index contributed by atoms with van der Waals surface area (Å²) in [7, 11) is -3.75. The number of hydrogen-bond acceptors (Lipinski definition) is 5. The van der Waals surface area contributed by atoms with Crippen LogP contribution in [0, 0.1) is 0 Å². The van der Waals surface area contributed by atoms with E-state index in [1.165, 1.54) is 12.1 Å². The molecule has 3 aromatic rings. The Morgan fingerprint density at radius 1 is 1.00 bits per heavy atom. The predicted molar refractivity (Wildman–Crippen MR) is 76.4 cm³/mol. The smallest absolute Gasteiger partial charge is 0.225 e. The standard InChI is InChI=1S/C13H11N5O2S/c14-21(19,20)10-5-3-4-9(8-10)11-6-1-2-7-12(11)13-15-17-18-16-13/h1-8H,(H2,14,19,20)(H,15,16,17,18). The maximum atomic E-state index is 11.5. The van der Waals surface area contributed by atoms with Crippen LogP contribution in [-0.2, 0) is 10.0 Å². The van der Waals surface area contributed by atoms with E-state index in [4.69, 9.17) is 5.14 Å². The van der Waals surface area contributed by atoms with Gasteiger partial charge in [-0.15, -0.1) is 10.2 Å². The summed E-state index contributed by atoms with van der Waals surface area (Å²) in [6, 6.07) is 13.8. The molecule has 0 aliphatic rings. The Bertz CT molecular complexity index is 875. The van der Waals surface area contributed by atoms with Crippen molar-refractivity contribution in [2.24, 2.45) is 5.14 Å². The topological polar surface area (TPSA) is 115 Å². The quantitative estimate of drug-likeness (QED) is 0.753. The first-order chi connectivity index (χ1) is 10.1. The number of aromatic amines is 1. The van der Waals surface area contributed by atoms with Crippen LogP contribution in [-0.4, -0.2) is 29.0 Å². The Labute approximate surface area is 120 Å². The van der Waals surface area contributed by atoms with Crippen molar-refractivity contribution >= 4 is 10.0 Å². The van der Waals surface area contributed by atoms with Gasteiger partial charge in [-0.25, -0.2) is 13.6 Å². The molecule has 106 valence electrons. The van der Waals surface area contributed by atoms with Gasteiger partial charge in [0, 0.05) is 5.56 Å². The first-order valence-corrected chi connectivity index (χ1v) is 7.56. The van der Waals surface area contributed by atoms with Gasteiger partial charge in [0.15, 0.2) is 0 Å². The Morgan fingerprint density at radius 2 is 1.76 bits per heavy atom. The molecule has 1 aromatic heterocycles. The molecule has 0 amide bonds. The lowest BCUT2D eigenvalue weighted by atomic mass is 9.99. The summed E-state index contributed by atoms with van der Waals surface area (Å²) in [5.41, 5.74) is 2.25. The maximum Gasteiger partial charge on any atom is 0.238 e. The first kappa shape index (κ1) is 13.4. The average molecular weight is 301 g/mol. The van der Waals surface area contributed by atoms with Gasteiger partial charge in [0.1, 0.15) is 0 Å². The lowest BCUT2D eigenvalue weighted by molar-refractivity contribution is 0.598. The first-order valence-electron chi connectivity index (χ1n) is 6.02. The highest BCUT2D eigenvalue weighted by atomic mass is 32.2. The summed E-state index contributed by atoms with van der Waals surface area (Å²) < 4.78 is 22.9. The van der Waals surface area contributed by atoms with Crippen molar-refractivity contribution in [1.29, 1.82) is 0 Å². The van der Waals surface area contributed by atoms with Gasteiger partial charge < -0.3 is 0 Å². The van der Waals surface area contributed by atoms with E-state index in [2.05, 4.69) is 20.6 Å². The van der Waals surface area contributed by atoms with Crippen molar-refractivity contribution in [2.45, 2.75) is 4.90 Å². The molecule has 0 saturated carbocycles. The molecular formula is C13H11N5O2S. The molecule has 0 fully saturated rings. The fourth-order valence-electron chi connectivity index (χ4n) is 2.05. The zero-order valence-corrected chi connectivity index (χ0v) is 11.6. The molecule has 8 heteroatoms. The van der Waals surface area contributed by atoms with Crippen molar-refractivity contribution in [3.63, 3.8) is 0 Å². The summed E-state index contributed by atoms with van der Waals surface area (Å²) in [6.07, 6.45) is 0. The molecule has 0 aliphatic heterocycles. The fourth-order valence-corrected chi connectivity index (χ4v) is 2.61. The van der Waals surface area contributed by atoms with Crippen molar-refractivity contribution in [2.75, 3.05) is 0 Å². The number of nitrogens with zero attached hydrogens (tertiary/aromatic N) is 3. The summed E-state index contributed by atoms with van der Waals surface area (Å²) in [4.78, 5) is 0.0583. The van der Waals surface area contributed by atoms with Gasteiger partial charge in [-0.3, -0.25) is 0 Å². The summed E-state index contributed by atoms with van der Waals surface area (Å²) in [5, 5.41) is 19.0. The Hall–Kier alpha value is -2.58. The molecule has 2 aromatic carbocycles. The number of benzene rings is 2. The maximum absolute atomic E-state index is 11.5. The van der Waals surface area contributed by atoms with Crippen LogP contribution in [0.4, 0.5) is 0 Å². The van der Waals surface area contributed by atoms with Gasteiger partial charge in [0.2, 0.25) is 15.8 Å². The van der Waals surface area contributed by atoms with Crippen molar-refractivity contribution in [3.8, 4) is 22.5 Å².